The van der Waals surface area contributed by atoms with E-state index in [1.165, 1.54) is 7.05 Å². The standard InChI is InChI=1S/C44H52N6O6/c1-28-10-14-36(23-38(28)43(55)50(27-52)39(8-7-21-51)42(54)47-6)48-20-17-37(25-48)56-30(3)24-49(35-15-12-34(13-16-35)44(26-45)18-19-44)40-22-33(11-9-29(40)2)41(31(4)46)32(5)53/h9-16,21-23,27,30,37,39,46,53H,7-8,17-20,24-25H2,1-6H3,(H,47,54)/b41-32+,46-31?. The zero-order valence-corrected chi connectivity index (χ0v) is 33.1. The fourth-order valence-electron chi connectivity index (χ4n) is 7.58. The normalized spacial score (nSPS) is 17.2. The number of nitrogens with zero attached hydrogens (tertiary/aromatic N) is 4. The van der Waals surface area contributed by atoms with Crippen molar-refractivity contribution in [1.82, 2.24) is 10.2 Å². The van der Waals surface area contributed by atoms with Crippen LogP contribution in [0, 0.1) is 30.6 Å². The van der Waals surface area contributed by atoms with Gasteiger partial charge in [0, 0.05) is 67.0 Å². The number of nitriles is 1. The van der Waals surface area contributed by atoms with Gasteiger partial charge >= 0.3 is 0 Å². The Hall–Kier alpha value is -5.80. The highest BCUT2D eigenvalue weighted by Crippen LogP contribution is 2.48. The van der Waals surface area contributed by atoms with Crippen molar-refractivity contribution in [3.8, 4) is 6.07 Å². The highest BCUT2D eigenvalue weighted by Gasteiger charge is 2.44. The van der Waals surface area contributed by atoms with Gasteiger partial charge in [-0.25, -0.2) is 0 Å². The van der Waals surface area contributed by atoms with E-state index >= 15 is 0 Å². The molecule has 1 aliphatic carbocycles. The molecule has 1 saturated carbocycles. The number of hydrogen-bond donors (Lipinski definition) is 3. The van der Waals surface area contributed by atoms with E-state index in [0.29, 0.717) is 49.0 Å². The van der Waals surface area contributed by atoms with Crippen LogP contribution >= 0.6 is 0 Å². The molecule has 3 N–H and O–H groups in total. The third-order valence-corrected chi connectivity index (χ3v) is 10.8. The number of aliphatic hydroxyl groups is 1. The molecular weight excluding hydrogens is 709 g/mol. The van der Waals surface area contributed by atoms with Crippen molar-refractivity contribution in [2.75, 3.05) is 36.5 Å². The first-order valence-corrected chi connectivity index (χ1v) is 19.1. The Kier molecular flexibility index (Phi) is 13.1. The molecule has 12 heteroatoms. The van der Waals surface area contributed by atoms with Crippen LogP contribution in [-0.4, -0.2) is 85.2 Å². The Morgan fingerprint density at radius 3 is 2.38 bits per heavy atom. The number of aliphatic hydroxyl groups excluding tert-OH is 1. The summed E-state index contributed by atoms with van der Waals surface area (Å²) in [6, 6.07) is 20.9. The van der Waals surface area contributed by atoms with E-state index in [9.17, 15) is 29.5 Å². The van der Waals surface area contributed by atoms with E-state index in [-0.39, 0.29) is 36.5 Å². The Balaban J connectivity index is 1.36. The van der Waals surface area contributed by atoms with Crippen LogP contribution in [0.3, 0.4) is 0 Å². The highest BCUT2D eigenvalue weighted by molar-refractivity contribution is 6.21. The maximum Gasteiger partial charge on any atom is 0.261 e. The summed E-state index contributed by atoms with van der Waals surface area (Å²) in [5, 5.41) is 31.1. The molecule has 3 aromatic carbocycles. The lowest BCUT2D eigenvalue weighted by atomic mass is 9.96. The molecule has 1 heterocycles. The molecular formula is C44H52N6O6. The predicted octanol–water partition coefficient (Wildman–Crippen LogP) is 6.70. The number of imide groups is 1. The van der Waals surface area contributed by atoms with Crippen LogP contribution in [0.25, 0.3) is 5.57 Å². The van der Waals surface area contributed by atoms with E-state index in [2.05, 4.69) is 21.2 Å². The Bertz CT molecular complexity index is 2050. The molecule has 1 aliphatic heterocycles. The lowest BCUT2D eigenvalue weighted by Crippen LogP contribution is -2.48. The van der Waals surface area contributed by atoms with Gasteiger partial charge in [-0.2, -0.15) is 5.26 Å². The molecule has 3 atom stereocenters. The monoisotopic (exact) mass is 760 g/mol. The highest BCUT2D eigenvalue weighted by atomic mass is 16.5. The molecule has 1 saturated heterocycles. The number of ether oxygens (including phenoxy) is 1. The van der Waals surface area contributed by atoms with E-state index in [1.807, 2.05) is 68.4 Å². The second-order valence-electron chi connectivity index (χ2n) is 14.9. The van der Waals surface area contributed by atoms with Gasteiger partial charge in [0.15, 0.2) is 0 Å². The molecule has 3 aromatic rings. The first kappa shape index (κ1) is 41.4. The number of carbonyl (C=O) groups excluding carboxylic acids is 4. The third kappa shape index (κ3) is 9.01. The fraction of sp³-hybridized carbons (Fsp3) is 0.409. The number of hydrogen-bond acceptors (Lipinski definition) is 10. The zero-order chi connectivity index (χ0) is 40.7. The van der Waals surface area contributed by atoms with Gasteiger partial charge in [-0.15, -0.1) is 0 Å². The molecule has 2 aliphatic rings. The number of carbonyl (C=O) groups is 4. The number of aryl methyl sites for hydroxylation is 2. The zero-order valence-electron chi connectivity index (χ0n) is 33.1. The van der Waals surface area contributed by atoms with Crippen LogP contribution in [0.15, 0.2) is 66.4 Å². The molecule has 5 rings (SSSR count). The van der Waals surface area contributed by atoms with Gasteiger partial charge in [0.2, 0.25) is 12.3 Å². The minimum absolute atomic E-state index is 0.0213. The summed E-state index contributed by atoms with van der Waals surface area (Å²) in [5.41, 5.74) is 6.65. The number of rotatable bonds is 17. The van der Waals surface area contributed by atoms with Gasteiger partial charge in [-0.3, -0.25) is 19.3 Å². The van der Waals surface area contributed by atoms with Crippen LogP contribution < -0.4 is 15.1 Å². The molecule has 0 aromatic heterocycles. The Labute approximate surface area is 329 Å². The molecule has 0 radical (unpaired) electrons. The molecule has 3 amide bonds. The van der Waals surface area contributed by atoms with Crippen LogP contribution in [0.2, 0.25) is 0 Å². The lowest BCUT2D eigenvalue weighted by molar-refractivity contribution is -0.131. The van der Waals surface area contributed by atoms with E-state index < -0.39 is 23.3 Å². The van der Waals surface area contributed by atoms with Gasteiger partial charge in [0.1, 0.15) is 12.3 Å². The van der Waals surface area contributed by atoms with Crippen molar-refractivity contribution in [3.05, 3.63) is 94.2 Å². The summed E-state index contributed by atoms with van der Waals surface area (Å²) in [6.45, 7) is 10.8. The summed E-state index contributed by atoms with van der Waals surface area (Å²) in [6.07, 6.45) is 3.15. The molecule has 294 valence electrons. The van der Waals surface area contributed by atoms with E-state index in [0.717, 1.165) is 57.9 Å². The van der Waals surface area contributed by atoms with Crippen LogP contribution in [0.4, 0.5) is 17.1 Å². The summed E-state index contributed by atoms with van der Waals surface area (Å²) >= 11 is 0. The second kappa shape index (κ2) is 17.8. The number of allylic oxidation sites excluding steroid dienone is 2. The average Bonchev–Trinajstić information content (AvgIpc) is 3.85. The predicted molar refractivity (Wildman–Crippen MR) is 218 cm³/mol. The topological polar surface area (TPSA) is 167 Å². The molecule has 3 unspecified atom stereocenters. The summed E-state index contributed by atoms with van der Waals surface area (Å²) in [4.78, 5) is 54.7. The second-order valence-corrected chi connectivity index (χ2v) is 14.9. The Morgan fingerprint density at radius 1 is 1.09 bits per heavy atom. The minimum atomic E-state index is -1.11. The smallest absolute Gasteiger partial charge is 0.261 e. The largest absolute Gasteiger partial charge is 0.512 e. The molecule has 0 bridgehead atoms. The maximum absolute atomic E-state index is 13.7. The molecule has 0 spiro atoms. The number of amides is 3. The number of nitrogens with one attached hydrogen (secondary N) is 2. The number of likely N-dealkylation sites (N-methyl/N-ethyl adjacent to an activating group) is 1. The van der Waals surface area contributed by atoms with Gasteiger partial charge in [0.05, 0.1) is 29.5 Å². The number of benzene rings is 3. The fourth-order valence-corrected chi connectivity index (χ4v) is 7.58. The van der Waals surface area contributed by atoms with Crippen molar-refractivity contribution < 1.29 is 29.0 Å². The van der Waals surface area contributed by atoms with Crippen molar-refractivity contribution in [2.45, 2.75) is 90.4 Å². The van der Waals surface area contributed by atoms with Crippen molar-refractivity contribution >= 4 is 52.9 Å². The van der Waals surface area contributed by atoms with Crippen LogP contribution in [0.1, 0.15) is 85.5 Å². The van der Waals surface area contributed by atoms with Gasteiger partial charge < -0.3 is 35.2 Å². The first-order chi connectivity index (χ1) is 26.8. The summed E-state index contributed by atoms with van der Waals surface area (Å²) in [5.74, 6) is -1.06. The molecule has 56 heavy (non-hydrogen) atoms. The van der Waals surface area contributed by atoms with Crippen molar-refractivity contribution in [2.24, 2.45) is 0 Å². The molecule has 12 nitrogen and oxygen atoms in total. The van der Waals surface area contributed by atoms with Gasteiger partial charge in [-0.1, -0.05) is 30.3 Å². The van der Waals surface area contributed by atoms with Gasteiger partial charge in [-0.05, 0) is 113 Å². The summed E-state index contributed by atoms with van der Waals surface area (Å²) in [7, 11) is 1.42. The van der Waals surface area contributed by atoms with Crippen molar-refractivity contribution in [3.63, 3.8) is 0 Å². The first-order valence-electron chi connectivity index (χ1n) is 19.1. The number of aldehydes is 1. The third-order valence-electron chi connectivity index (χ3n) is 10.8. The SMILES string of the molecule is CNC(=O)C(CCC=O)N(C=O)C(=O)c1cc(N2CCC(OC(C)CN(c3ccc(C4(C#N)CC4)cc3)c3cc(/C(C(C)=N)=C(\C)O)ccc3C)C2)ccc1C. The van der Waals surface area contributed by atoms with Crippen molar-refractivity contribution in [1.29, 1.82) is 10.7 Å². The Morgan fingerprint density at radius 2 is 1.79 bits per heavy atom. The van der Waals surface area contributed by atoms with Crippen LogP contribution in [-0.2, 0) is 24.5 Å². The quantitative estimate of drug-likeness (QED) is 0.0771. The van der Waals surface area contributed by atoms with Crippen LogP contribution in [0.5, 0.6) is 0 Å². The van der Waals surface area contributed by atoms with Gasteiger partial charge in [0.25, 0.3) is 5.91 Å². The maximum atomic E-state index is 13.7. The van der Waals surface area contributed by atoms with E-state index in [1.54, 1.807) is 26.8 Å². The average molecular weight is 761 g/mol. The minimum Gasteiger partial charge on any atom is -0.512 e. The molecule has 2 fully saturated rings. The number of anilines is 3. The lowest BCUT2D eigenvalue weighted by Gasteiger charge is -2.31. The van der Waals surface area contributed by atoms with E-state index in [4.69, 9.17) is 10.1 Å². The summed E-state index contributed by atoms with van der Waals surface area (Å²) < 4.78 is 6.70.